The Morgan fingerprint density at radius 2 is 1.91 bits per heavy atom. The third-order valence-corrected chi connectivity index (χ3v) is 5.27. The highest BCUT2D eigenvalue weighted by molar-refractivity contribution is 6.10. The molecule has 180 valence electrons. The molecule has 0 saturated carbocycles. The van der Waals surface area contributed by atoms with E-state index < -0.39 is 29.4 Å². The van der Waals surface area contributed by atoms with Crippen LogP contribution in [0.3, 0.4) is 0 Å². The zero-order valence-corrected chi connectivity index (χ0v) is 18.6. The molecule has 0 bridgehead atoms. The van der Waals surface area contributed by atoms with Crippen LogP contribution in [-0.2, 0) is 12.7 Å². The van der Waals surface area contributed by atoms with E-state index in [1.54, 1.807) is 36.4 Å². The summed E-state index contributed by atoms with van der Waals surface area (Å²) in [6.07, 6.45) is -3.39. The summed E-state index contributed by atoms with van der Waals surface area (Å²) in [5.74, 6) is -1.39. The SMILES string of the molecule is COc1ccc(Cn2nc(C(F)(F)F)c(NC(=O)c3cc(C(N)=O)c4ccccc4n3)c2C)cn1. The number of nitrogens with two attached hydrogens (primary N) is 1. The molecule has 0 radical (unpaired) electrons. The Labute approximate surface area is 196 Å². The summed E-state index contributed by atoms with van der Waals surface area (Å²) in [4.78, 5) is 33.1. The van der Waals surface area contributed by atoms with Crippen LogP contribution >= 0.6 is 0 Å². The minimum Gasteiger partial charge on any atom is -0.481 e. The molecule has 0 aliphatic heterocycles. The molecular formula is C23H19F3N6O3. The molecule has 0 aliphatic rings. The van der Waals surface area contributed by atoms with E-state index in [1.165, 1.54) is 20.2 Å². The van der Waals surface area contributed by atoms with Crippen LogP contribution in [0.5, 0.6) is 5.88 Å². The van der Waals surface area contributed by atoms with Crippen molar-refractivity contribution in [3.63, 3.8) is 0 Å². The molecule has 3 aromatic heterocycles. The zero-order valence-electron chi connectivity index (χ0n) is 18.6. The van der Waals surface area contributed by atoms with Gasteiger partial charge in [-0.25, -0.2) is 9.97 Å². The average Bonchev–Trinajstić information content (AvgIpc) is 3.14. The van der Waals surface area contributed by atoms with E-state index in [-0.39, 0.29) is 23.5 Å². The number of fused-ring (bicyclic) bond motifs is 1. The lowest BCUT2D eigenvalue weighted by Crippen LogP contribution is -2.19. The Hall–Kier alpha value is -4.48. The number of anilines is 1. The fourth-order valence-electron chi connectivity index (χ4n) is 3.52. The van der Waals surface area contributed by atoms with Crippen molar-refractivity contribution >= 4 is 28.4 Å². The first kappa shape index (κ1) is 23.7. The molecular weight excluding hydrogens is 465 g/mol. The predicted molar refractivity (Wildman–Crippen MR) is 120 cm³/mol. The molecule has 4 rings (SSSR count). The number of aromatic nitrogens is 4. The summed E-state index contributed by atoms with van der Waals surface area (Å²) >= 11 is 0. The largest absolute Gasteiger partial charge is 0.481 e. The highest BCUT2D eigenvalue weighted by Crippen LogP contribution is 2.36. The Morgan fingerprint density at radius 1 is 1.17 bits per heavy atom. The monoisotopic (exact) mass is 484 g/mol. The molecule has 9 nitrogen and oxygen atoms in total. The topological polar surface area (TPSA) is 125 Å². The van der Waals surface area contributed by atoms with Crippen LogP contribution in [-0.4, -0.2) is 38.7 Å². The lowest BCUT2D eigenvalue weighted by molar-refractivity contribution is -0.140. The van der Waals surface area contributed by atoms with Gasteiger partial charge in [0, 0.05) is 17.6 Å². The van der Waals surface area contributed by atoms with Crippen LogP contribution in [0, 0.1) is 6.92 Å². The van der Waals surface area contributed by atoms with Crippen molar-refractivity contribution < 1.29 is 27.5 Å². The normalized spacial score (nSPS) is 11.5. The van der Waals surface area contributed by atoms with Crippen molar-refractivity contribution in [3.05, 3.63) is 76.9 Å². The predicted octanol–water partition coefficient (Wildman–Crippen LogP) is 3.56. The standard InChI is InChI=1S/C23H19F3N6O3/c1-12-19(20(23(24,25)26)31-32(12)11-13-7-8-18(35-2)28-10-13)30-22(34)17-9-15(21(27)33)14-5-3-4-6-16(14)29-17/h3-10H,11H2,1-2H3,(H2,27,33)(H,30,34). The number of benzene rings is 1. The number of nitrogens with zero attached hydrogens (tertiary/aromatic N) is 4. The molecule has 0 saturated heterocycles. The van der Waals surface area contributed by atoms with E-state index >= 15 is 0 Å². The molecule has 3 N–H and O–H groups in total. The van der Waals surface area contributed by atoms with Gasteiger partial charge < -0.3 is 15.8 Å². The fourth-order valence-corrected chi connectivity index (χ4v) is 3.52. The number of para-hydroxylation sites is 1. The first-order chi connectivity index (χ1) is 16.6. The summed E-state index contributed by atoms with van der Waals surface area (Å²) in [5.41, 5.74) is 4.35. The first-order valence-corrected chi connectivity index (χ1v) is 10.2. The van der Waals surface area contributed by atoms with Gasteiger partial charge in [0.1, 0.15) is 5.69 Å². The molecule has 0 fully saturated rings. The second-order valence-corrected chi connectivity index (χ2v) is 7.56. The van der Waals surface area contributed by atoms with Gasteiger partial charge in [-0.2, -0.15) is 18.3 Å². The Bertz CT molecular complexity index is 1430. The van der Waals surface area contributed by atoms with Crippen molar-refractivity contribution in [3.8, 4) is 5.88 Å². The summed E-state index contributed by atoms with van der Waals surface area (Å²) in [5, 5.41) is 6.37. The Balaban J connectivity index is 1.71. The van der Waals surface area contributed by atoms with Crippen molar-refractivity contribution in [1.29, 1.82) is 0 Å². The second-order valence-electron chi connectivity index (χ2n) is 7.56. The van der Waals surface area contributed by atoms with E-state index in [0.29, 0.717) is 22.3 Å². The Kier molecular flexibility index (Phi) is 6.12. The number of pyridine rings is 2. The third-order valence-electron chi connectivity index (χ3n) is 5.27. The van der Waals surface area contributed by atoms with Gasteiger partial charge in [-0.3, -0.25) is 14.3 Å². The van der Waals surface area contributed by atoms with Gasteiger partial charge in [0.25, 0.3) is 5.91 Å². The molecule has 0 spiro atoms. The number of rotatable bonds is 6. The maximum Gasteiger partial charge on any atom is 0.437 e. The van der Waals surface area contributed by atoms with Gasteiger partial charge >= 0.3 is 6.18 Å². The minimum atomic E-state index is -4.84. The molecule has 1 aromatic carbocycles. The van der Waals surface area contributed by atoms with Gasteiger partial charge in [-0.1, -0.05) is 24.3 Å². The summed E-state index contributed by atoms with van der Waals surface area (Å²) in [6.45, 7) is 1.37. The number of amides is 2. The molecule has 35 heavy (non-hydrogen) atoms. The number of carbonyl (C=O) groups excluding carboxylic acids is 2. The lowest BCUT2D eigenvalue weighted by Gasteiger charge is -2.10. The zero-order chi connectivity index (χ0) is 25.3. The quantitative estimate of drug-likeness (QED) is 0.431. The molecule has 3 heterocycles. The number of hydrogen-bond acceptors (Lipinski definition) is 6. The number of halogens is 3. The number of carbonyl (C=O) groups is 2. The van der Waals surface area contributed by atoms with Crippen LogP contribution in [0.25, 0.3) is 10.9 Å². The van der Waals surface area contributed by atoms with Crippen LogP contribution in [0.1, 0.15) is 37.8 Å². The first-order valence-electron chi connectivity index (χ1n) is 10.2. The molecule has 12 heteroatoms. The van der Waals surface area contributed by atoms with Gasteiger partial charge in [0.2, 0.25) is 11.8 Å². The van der Waals surface area contributed by atoms with E-state index in [4.69, 9.17) is 10.5 Å². The fraction of sp³-hybridized carbons (Fsp3) is 0.174. The average molecular weight is 484 g/mol. The maximum atomic E-state index is 13.8. The highest BCUT2D eigenvalue weighted by Gasteiger charge is 2.39. The molecule has 0 atom stereocenters. The molecule has 4 aromatic rings. The Morgan fingerprint density at radius 3 is 2.54 bits per heavy atom. The molecule has 0 aliphatic carbocycles. The highest BCUT2D eigenvalue weighted by atomic mass is 19.4. The smallest absolute Gasteiger partial charge is 0.437 e. The minimum absolute atomic E-state index is 0.0243. The number of hydrogen-bond donors (Lipinski definition) is 2. The van der Waals surface area contributed by atoms with Crippen molar-refractivity contribution in [2.24, 2.45) is 5.73 Å². The lowest BCUT2D eigenvalue weighted by atomic mass is 10.1. The van der Waals surface area contributed by atoms with Gasteiger partial charge in [-0.05, 0) is 24.6 Å². The number of alkyl halides is 3. The maximum absolute atomic E-state index is 13.8. The van der Waals surface area contributed by atoms with E-state index in [9.17, 15) is 22.8 Å². The van der Waals surface area contributed by atoms with Gasteiger partial charge in [0.05, 0.1) is 36.1 Å². The van der Waals surface area contributed by atoms with Crippen LogP contribution in [0.2, 0.25) is 0 Å². The number of ether oxygens (including phenoxy) is 1. The van der Waals surface area contributed by atoms with Crippen molar-refractivity contribution in [2.45, 2.75) is 19.6 Å². The van der Waals surface area contributed by atoms with Crippen LogP contribution < -0.4 is 15.8 Å². The summed E-state index contributed by atoms with van der Waals surface area (Å²) in [7, 11) is 1.45. The summed E-state index contributed by atoms with van der Waals surface area (Å²) < 4.78 is 47.4. The van der Waals surface area contributed by atoms with E-state index in [1.807, 2.05) is 0 Å². The van der Waals surface area contributed by atoms with E-state index in [2.05, 4.69) is 20.4 Å². The van der Waals surface area contributed by atoms with Gasteiger partial charge in [0.15, 0.2) is 5.69 Å². The molecule has 2 amide bonds. The van der Waals surface area contributed by atoms with E-state index in [0.717, 1.165) is 10.7 Å². The van der Waals surface area contributed by atoms with Gasteiger partial charge in [-0.15, -0.1) is 0 Å². The summed E-state index contributed by atoms with van der Waals surface area (Å²) in [6, 6.07) is 10.8. The third kappa shape index (κ3) is 4.76. The van der Waals surface area contributed by atoms with Crippen molar-refractivity contribution in [1.82, 2.24) is 19.7 Å². The van der Waals surface area contributed by atoms with Crippen LogP contribution in [0.4, 0.5) is 18.9 Å². The van der Waals surface area contributed by atoms with Crippen molar-refractivity contribution in [2.75, 3.05) is 12.4 Å². The molecule has 0 unspecified atom stereocenters. The number of methoxy groups -OCH3 is 1. The van der Waals surface area contributed by atoms with Crippen LogP contribution in [0.15, 0.2) is 48.7 Å². The number of primary amides is 1. The second kappa shape index (κ2) is 9.05. The number of nitrogens with one attached hydrogen (secondary N) is 1.